The van der Waals surface area contributed by atoms with E-state index in [2.05, 4.69) is 253 Å². The van der Waals surface area contributed by atoms with Crippen molar-refractivity contribution < 1.29 is 0 Å². The average molecular weight is 919 g/mol. The van der Waals surface area contributed by atoms with Crippen LogP contribution in [0.25, 0.3) is 55.3 Å². The first-order valence-electron chi connectivity index (χ1n) is 24.8. The van der Waals surface area contributed by atoms with Gasteiger partial charge in [-0.3, -0.25) is 0 Å². The fourth-order valence-corrected chi connectivity index (χ4v) is 11.7. The quantitative estimate of drug-likeness (QED) is 0.173. The van der Waals surface area contributed by atoms with Gasteiger partial charge in [-0.1, -0.05) is 218 Å². The number of aliphatic imine (C=N–C) groups is 2. The van der Waals surface area contributed by atoms with Crippen LogP contribution in [0.5, 0.6) is 0 Å². The Labute approximate surface area is 419 Å². The molecular formula is C68H46N4. The van der Waals surface area contributed by atoms with Gasteiger partial charge in [-0.2, -0.15) is 0 Å². The van der Waals surface area contributed by atoms with E-state index in [4.69, 9.17) is 9.98 Å². The van der Waals surface area contributed by atoms with Gasteiger partial charge < -0.3 is 10.2 Å². The zero-order valence-electron chi connectivity index (χ0n) is 39.3. The van der Waals surface area contributed by atoms with E-state index in [0.29, 0.717) is 5.84 Å². The minimum atomic E-state index is -0.569. The molecule has 11 aromatic rings. The molecule has 0 saturated heterocycles. The molecule has 338 valence electrons. The lowest BCUT2D eigenvalue weighted by atomic mass is 9.64. The first-order chi connectivity index (χ1) is 35.7. The van der Waals surface area contributed by atoms with Crippen LogP contribution in [-0.2, 0) is 5.41 Å². The maximum Gasteiger partial charge on any atom is 0.159 e. The molecule has 4 nitrogen and oxygen atoms in total. The van der Waals surface area contributed by atoms with Crippen molar-refractivity contribution in [3.8, 4) is 44.5 Å². The van der Waals surface area contributed by atoms with Crippen LogP contribution in [0.2, 0.25) is 0 Å². The number of nitrogens with one attached hydrogen (secondary N) is 1. The molecule has 0 aromatic heterocycles. The average Bonchev–Trinajstić information content (AvgIpc) is 3.77. The molecule has 1 N–H and O–H groups in total. The predicted octanol–water partition coefficient (Wildman–Crippen LogP) is 16.5. The normalized spacial score (nSPS) is 14.9. The largest absolute Gasteiger partial charge is 0.344 e. The van der Waals surface area contributed by atoms with Crippen molar-refractivity contribution in [1.82, 2.24) is 5.32 Å². The molecule has 0 radical (unpaired) electrons. The van der Waals surface area contributed by atoms with Crippen LogP contribution in [0.1, 0.15) is 45.1 Å². The maximum atomic E-state index is 5.10. The lowest BCUT2D eigenvalue weighted by Gasteiger charge is -2.45. The highest BCUT2D eigenvalue weighted by atomic mass is 15.2. The molecule has 1 unspecified atom stereocenters. The number of para-hydroxylation sites is 3. The summed E-state index contributed by atoms with van der Waals surface area (Å²) in [6.07, 6.45) is -0.265. The van der Waals surface area contributed by atoms with Gasteiger partial charge in [0.1, 0.15) is 12.0 Å². The minimum Gasteiger partial charge on any atom is -0.344 e. The van der Waals surface area contributed by atoms with Gasteiger partial charge in [0.05, 0.1) is 16.8 Å². The van der Waals surface area contributed by atoms with Crippen LogP contribution in [0.4, 0.5) is 17.1 Å². The van der Waals surface area contributed by atoms with Gasteiger partial charge in [-0.05, 0) is 132 Å². The van der Waals surface area contributed by atoms with Crippen molar-refractivity contribution in [2.45, 2.75) is 11.6 Å². The number of hydrogen-bond acceptors (Lipinski definition) is 4. The predicted molar refractivity (Wildman–Crippen MR) is 298 cm³/mol. The Morgan fingerprint density at radius 1 is 0.375 bits per heavy atom. The standard InChI is InChI=1S/C68H46N4/c1-4-20-46(21-5-1)65-69-66(47-22-6-2-7-23-47)71-67(70-65)54-29-18-28-52(43-54)50-26-16-24-48(41-50)49-25-17-27-51(42-49)53-37-39-57-61(44-53)68(60-40-38-45-19-10-11-32-56(45)64(57)60)58-33-12-14-35-62(58)72(55-30-8-3-9-31-55)63-36-15-13-34-59(63)68/h1-44,65H,(H,69,70,71). The molecule has 72 heavy (non-hydrogen) atoms. The molecule has 2 heterocycles. The Balaban J connectivity index is 0.867. The van der Waals surface area contributed by atoms with Gasteiger partial charge in [0, 0.05) is 16.8 Å². The first kappa shape index (κ1) is 41.6. The summed E-state index contributed by atoms with van der Waals surface area (Å²) in [4.78, 5) is 12.6. The van der Waals surface area contributed by atoms with Crippen LogP contribution in [0, 0.1) is 0 Å². The number of amidine groups is 2. The number of benzene rings is 11. The van der Waals surface area contributed by atoms with E-state index in [1.54, 1.807) is 0 Å². The van der Waals surface area contributed by atoms with E-state index in [-0.39, 0.29) is 6.17 Å². The van der Waals surface area contributed by atoms with Crippen molar-refractivity contribution in [2.75, 3.05) is 4.90 Å². The minimum absolute atomic E-state index is 0.265. The summed E-state index contributed by atoms with van der Waals surface area (Å²) in [5, 5.41) is 6.17. The fourth-order valence-electron chi connectivity index (χ4n) is 11.7. The molecule has 11 aromatic carbocycles. The Hall–Kier alpha value is -9.38. The third kappa shape index (κ3) is 6.68. The number of hydrogen-bond donors (Lipinski definition) is 1. The van der Waals surface area contributed by atoms with Crippen molar-refractivity contribution in [3.05, 3.63) is 306 Å². The Morgan fingerprint density at radius 2 is 0.889 bits per heavy atom. The summed E-state index contributed by atoms with van der Waals surface area (Å²) < 4.78 is 0. The highest BCUT2D eigenvalue weighted by molar-refractivity contribution is 6.13. The second-order valence-electron chi connectivity index (χ2n) is 18.9. The van der Waals surface area contributed by atoms with Crippen molar-refractivity contribution in [1.29, 1.82) is 0 Å². The first-order valence-corrected chi connectivity index (χ1v) is 24.8. The van der Waals surface area contributed by atoms with Gasteiger partial charge in [-0.25, -0.2) is 9.98 Å². The molecule has 2 aliphatic heterocycles. The number of anilines is 3. The van der Waals surface area contributed by atoms with Crippen LogP contribution in [0.15, 0.2) is 277 Å². The fraction of sp³-hybridized carbons (Fsp3) is 0.0294. The molecule has 0 amide bonds. The molecule has 1 spiro atoms. The Morgan fingerprint density at radius 3 is 1.54 bits per heavy atom. The van der Waals surface area contributed by atoms with Crippen LogP contribution in [0.3, 0.4) is 0 Å². The molecule has 14 rings (SSSR count). The SMILES string of the molecule is c1ccc(C2=NC(c3ccccc3)NC(c3cccc(-c4cccc(-c5cccc(-c6ccc7c(c6)C6(c8ccccc8N(c8ccccc8)c8ccccc86)c6ccc8ccccc8c6-7)c5)c4)c3)=N2)cc1. The highest BCUT2D eigenvalue weighted by Crippen LogP contribution is 2.64. The summed E-state index contributed by atoms with van der Waals surface area (Å²) in [5.41, 5.74) is 20.7. The van der Waals surface area contributed by atoms with Gasteiger partial charge >= 0.3 is 0 Å². The van der Waals surface area contributed by atoms with Crippen molar-refractivity contribution in [2.24, 2.45) is 9.98 Å². The van der Waals surface area contributed by atoms with E-state index < -0.39 is 5.41 Å². The van der Waals surface area contributed by atoms with Crippen LogP contribution >= 0.6 is 0 Å². The van der Waals surface area contributed by atoms with Crippen LogP contribution < -0.4 is 10.2 Å². The monoisotopic (exact) mass is 918 g/mol. The summed E-state index contributed by atoms with van der Waals surface area (Å²) in [6, 6.07) is 97.0. The molecule has 4 heteroatoms. The highest BCUT2D eigenvalue weighted by Gasteiger charge is 2.52. The molecule has 0 saturated carbocycles. The summed E-state index contributed by atoms with van der Waals surface area (Å²) >= 11 is 0. The maximum absolute atomic E-state index is 5.10. The lowest BCUT2D eigenvalue weighted by Crippen LogP contribution is -2.36. The third-order valence-corrected chi connectivity index (χ3v) is 14.9. The smallest absolute Gasteiger partial charge is 0.159 e. The summed E-state index contributed by atoms with van der Waals surface area (Å²) in [7, 11) is 0. The second kappa shape index (κ2) is 16.9. The zero-order chi connectivity index (χ0) is 47.6. The molecule has 1 atom stereocenters. The zero-order valence-corrected chi connectivity index (χ0v) is 39.3. The number of fused-ring (bicyclic) bond motifs is 11. The number of nitrogens with zero attached hydrogens (tertiary/aromatic N) is 3. The second-order valence-corrected chi connectivity index (χ2v) is 18.9. The molecule has 0 bridgehead atoms. The molecule has 0 fully saturated rings. The Bertz CT molecular complexity index is 3920. The van der Waals surface area contributed by atoms with Gasteiger partial charge in [0.2, 0.25) is 0 Å². The number of rotatable bonds is 7. The van der Waals surface area contributed by atoms with E-state index in [9.17, 15) is 0 Å². The Kier molecular flexibility index (Phi) is 9.78. The van der Waals surface area contributed by atoms with E-state index >= 15 is 0 Å². The molecule has 1 aliphatic carbocycles. The van der Waals surface area contributed by atoms with E-state index in [1.165, 1.54) is 66.7 Å². The van der Waals surface area contributed by atoms with Crippen molar-refractivity contribution >= 4 is 39.5 Å². The van der Waals surface area contributed by atoms with Crippen LogP contribution in [-0.4, -0.2) is 11.7 Å². The van der Waals surface area contributed by atoms with Gasteiger partial charge in [-0.15, -0.1) is 0 Å². The summed E-state index contributed by atoms with van der Waals surface area (Å²) in [5.74, 6) is 1.51. The summed E-state index contributed by atoms with van der Waals surface area (Å²) in [6.45, 7) is 0. The molecular weight excluding hydrogens is 873 g/mol. The van der Waals surface area contributed by atoms with Crippen molar-refractivity contribution in [3.63, 3.8) is 0 Å². The van der Waals surface area contributed by atoms with E-state index in [0.717, 1.165) is 50.5 Å². The van der Waals surface area contributed by atoms with Gasteiger partial charge in [0.15, 0.2) is 5.84 Å². The van der Waals surface area contributed by atoms with Gasteiger partial charge in [0.25, 0.3) is 0 Å². The molecule has 3 aliphatic rings. The van der Waals surface area contributed by atoms with E-state index in [1.807, 2.05) is 24.3 Å². The third-order valence-electron chi connectivity index (χ3n) is 14.9. The topological polar surface area (TPSA) is 40.0 Å². The lowest BCUT2D eigenvalue weighted by molar-refractivity contribution is 0.674.